The van der Waals surface area contributed by atoms with Gasteiger partial charge in [0.2, 0.25) is 0 Å². The Kier molecular flexibility index (Phi) is 12.2. The number of hydrogen-bond donors (Lipinski definition) is 3. The molecular weight excluding hydrogens is 278 g/mol. The van der Waals surface area contributed by atoms with Crippen LogP contribution in [0.15, 0.2) is 18.2 Å². The van der Waals surface area contributed by atoms with Gasteiger partial charge in [0.1, 0.15) is 0 Å². The number of benzene rings is 1. The second-order valence-corrected chi connectivity index (χ2v) is 5.59. The van der Waals surface area contributed by atoms with Crippen LogP contribution in [0.1, 0.15) is 74.2 Å². The largest absolute Gasteiger partial charge is 0.478 e. The van der Waals surface area contributed by atoms with Gasteiger partial charge >= 0.3 is 5.97 Å². The first-order valence-corrected chi connectivity index (χ1v) is 8.23. The number of nitrogens with two attached hydrogens (primary N) is 1. The van der Waals surface area contributed by atoms with Crippen molar-refractivity contribution in [1.29, 1.82) is 0 Å². The summed E-state index contributed by atoms with van der Waals surface area (Å²) >= 11 is 0. The first kappa shape index (κ1) is 20.5. The quantitative estimate of drug-likeness (QED) is 0.466. The van der Waals surface area contributed by atoms with Crippen LogP contribution in [-0.2, 0) is 0 Å². The Labute approximate surface area is 134 Å². The maximum Gasteiger partial charge on any atom is 0.337 e. The molecular formula is C18H31NO3. The highest BCUT2D eigenvalue weighted by Gasteiger charge is 2.06. The Balaban J connectivity index is 0.000000401. The number of carboxylic acids is 1. The summed E-state index contributed by atoms with van der Waals surface area (Å²) in [6.07, 6.45) is 10.4. The number of aliphatic hydroxyl groups excluding tert-OH is 1. The molecule has 0 saturated heterocycles. The van der Waals surface area contributed by atoms with E-state index in [0.717, 1.165) is 12.0 Å². The van der Waals surface area contributed by atoms with Crippen molar-refractivity contribution >= 4 is 11.7 Å². The van der Waals surface area contributed by atoms with Crippen LogP contribution < -0.4 is 5.73 Å². The zero-order valence-corrected chi connectivity index (χ0v) is 14.0. The van der Waals surface area contributed by atoms with E-state index in [2.05, 4.69) is 6.92 Å². The van der Waals surface area contributed by atoms with Gasteiger partial charge in [-0.15, -0.1) is 0 Å². The molecule has 0 aromatic heterocycles. The van der Waals surface area contributed by atoms with Gasteiger partial charge in [-0.2, -0.15) is 0 Å². The molecule has 0 aliphatic heterocycles. The number of hydrogen-bond acceptors (Lipinski definition) is 3. The molecule has 126 valence electrons. The number of rotatable bonds is 9. The normalized spacial score (nSPS) is 9.95. The Bertz CT molecular complexity index is 411. The molecule has 1 aromatic carbocycles. The lowest BCUT2D eigenvalue weighted by atomic mass is 10.1. The lowest BCUT2D eigenvalue weighted by molar-refractivity contribution is 0.0698. The SMILES string of the molecule is CCCCCCCCCCO.Cc1ccc(N)c(C(=O)O)c1. The second kappa shape index (κ2) is 13.1. The van der Waals surface area contributed by atoms with E-state index in [0.29, 0.717) is 12.3 Å². The zero-order chi connectivity index (χ0) is 16.8. The second-order valence-electron chi connectivity index (χ2n) is 5.59. The van der Waals surface area contributed by atoms with Crippen LogP contribution in [0.25, 0.3) is 0 Å². The summed E-state index contributed by atoms with van der Waals surface area (Å²) in [5.74, 6) is -0.980. The monoisotopic (exact) mass is 309 g/mol. The van der Waals surface area contributed by atoms with Crippen molar-refractivity contribution in [1.82, 2.24) is 0 Å². The third-order valence-electron chi connectivity index (χ3n) is 3.45. The van der Waals surface area contributed by atoms with Crippen LogP contribution in [-0.4, -0.2) is 22.8 Å². The number of aryl methyl sites for hydroxylation is 1. The number of nitrogen functional groups attached to an aromatic ring is 1. The van der Waals surface area contributed by atoms with Crippen LogP contribution in [0.2, 0.25) is 0 Å². The molecule has 4 nitrogen and oxygen atoms in total. The van der Waals surface area contributed by atoms with E-state index in [9.17, 15) is 4.79 Å². The minimum atomic E-state index is -0.980. The molecule has 0 spiro atoms. The van der Waals surface area contributed by atoms with E-state index < -0.39 is 5.97 Å². The van der Waals surface area contributed by atoms with Crippen LogP contribution in [0, 0.1) is 6.92 Å². The third-order valence-corrected chi connectivity index (χ3v) is 3.45. The molecule has 0 saturated carbocycles. The predicted molar refractivity (Wildman–Crippen MR) is 92.2 cm³/mol. The number of anilines is 1. The first-order valence-electron chi connectivity index (χ1n) is 8.23. The van der Waals surface area contributed by atoms with Gasteiger partial charge in [0.15, 0.2) is 0 Å². The Hall–Kier alpha value is -1.55. The summed E-state index contributed by atoms with van der Waals surface area (Å²) in [7, 11) is 0. The summed E-state index contributed by atoms with van der Waals surface area (Å²) < 4.78 is 0. The van der Waals surface area contributed by atoms with E-state index in [4.69, 9.17) is 15.9 Å². The molecule has 0 amide bonds. The molecule has 1 rings (SSSR count). The highest BCUT2D eigenvalue weighted by molar-refractivity contribution is 5.93. The average Bonchev–Trinajstić information content (AvgIpc) is 2.49. The molecule has 0 radical (unpaired) electrons. The number of aromatic carboxylic acids is 1. The first-order chi connectivity index (χ1) is 10.5. The van der Waals surface area contributed by atoms with Gasteiger partial charge in [0, 0.05) is 12.3 Å². The molecule has 0 atom stereocenters. The highest BCUT2D eigenvalue weighted by Crippen LogP contribution is 2.12. The topological polar surface area (TPSA) is 83.5 Å². The molecule has 1 aromatic rings. The maximum atomic E-state index is 10.5. The minimum absolute atomic E-state index is 0.171. The van der Waals surface area contributed by atoms with E-state index >= 15 is 0 Å². The molecule has 0 heterocycles. The standard InChI is InChI=1S/C10H22O.C8H9NO2/c1-2-3-4-5-6-7-8-9-10-11;1-5-2-3-7(9)6(4-5)8(10)11/h11H,2-10H2,1H3;2-4H,9H2,1H3,(H,10,11). The van der Waals surface area contributed by atoms with Crippen LogP contribution in [0.4, 0.5) is 5.69 Å². The molecule has 4 N–H and O–H groups in total. The van der Waals surface area contributed by atoms with Crippen molar-refractivity contribution in [3.8, 4) is 0 Å². The van der Waals surface area contributed by atoms with Gasteiger partial charge in [-0.05, 0) is 25.5 Å². The van der Waals surface area contributed by atoms with Gasteiger partial charge in [-0.1, -0.05) is 63.5 Å². The lowest BCUT2D eigenvalue weighted by Crippen LogP contribution is -2.02. The third kappa shape index (κ3) is 10.2. The smallest absolute Gasteiger partial charge is 0.337 e. The molecule has 0 aliphatic rings. The molecule has 0 bridgehead atoms. The molecule has 0 unspecified atom stereocenters. The fourth-order valence-corrected chi connectivity index (χ4v) is 2.10. The van der Waals surface area contributed by atoms with Crippen molar-refractivity contribution in [2.45, 2.75) is 65.2 Å². The maximum absolute atomic E-state index is 10.5. The molecule has 0 fully saturated rings. The summed E-state index contributed by atoms with van der Waals surface area (Å²) in [5.41, 5.74) is 6.79. The van der Waals surface area contributed by atoms with E-state index in [1.807, 2.05) is 6.92 Å². The van der Waals surface area contributed by atoms with Gasteiger partial charge in [0.25, 0.3) is 0 Å². The lowest BCUT2D eigenvalue weighted by Gasteiger charge is -2.00. The van der Waals surface area contributed by atoms with Gasteiger partial charge in [-0.3, -0.25) is 0 Å². The van der Waals surface area contributed by atoms with Gasteiger partial charge in [-0.25, -0.2) is 4.79 Å². The summed E-state index contributed by atoms with van der Waals surface area (Å²) in [5, 5.41) is 17.1. The van der Waals surface area contributed by atoms with Crippen LogP contribution >= 0.6 is 0 Å². The molecule has 0 aliphatic carbocycles. The van der Waals surface area contributed by atoms with Crippen molar-refractivity contribution in [3.63, 3.8) is 0 Å². The highest BCUT2D eigenvalue weighted by atomic mass is 16.4. The fourth-order valence-electron chi connectivity index (χ4n) is 2.10. The van der Waals surface area contributed by atoms with Crippen LogP contribution in [0.3, 0.4) is 0 Å². The number of unbranched alkanes of at least 4 members (excludes halogenated alkanes) is 7. The van der Waals surface area contributed by atoms with Crippen molar-refractivity contribution in [2.24, 2.45) is 0 Å². The van der Waals surface area contributed by atoms with Crippen molar-refractivity contribution in [3.05, 3.63) is 29.3 Å². The van der Waals surface area contributed by atoms with E-state index in [-0.39, 0.29) is 5.56 Å². The van der Waals surface area contributed by atoms with Crippen molar-refractivity contribution in [2.75, 3.05) is 12.3 Å². The van der Waals surface area contributed by atoms with Gasteiger partial charge < -0.3 is 15.9 Å². The predicted octanol–water partition coefficient (Wildman–Crippen LogP) is 4.39. The average molecular weight is 309 g/mol. The zero-order valence-electron chi connectivity index (χ0n) is 14.0. The number of aliphatic hydroxyl groups is 1. The van der Waals surface area contributed by atoms with E-state index in [1.165, 1.54) is 44.9 Å². The molecule has 22 heavy (non-hydrogen) atoms. The summed E-state index contributed by atoms with van der Waals surface area (Å²) in [6, 6.07) is 4.93. The Morgan fingerprint density at radius 1 is 1.05 bits per heavy atom. The van der Waals surface area contributed by atoms with Crippen LogP contribution in [0.5, 0.6) is 0 Å². The number of carbonyl (C=O) groups is 1. The van der Waals surface area contributed by atoms with E-state index in [1.54, 1.807) is 18.2 Å². The molecule has 4 heteroatoms. The Morgan fingerprint density at radius 2 is 1.59 bits per heavy atom. The number of carboxylic acid groups (broad SMARTS) is 1. The fraction of sp³-hybridized carbons (Fsp3) is 0.611. The van der Waals surface area contributed by atoms with Crippen molar-refractivity contribution < 1.29 is 15.0 Å². The summed E-state index contributed by atoms with van der Waals surface area (Å²) in [4.78, 5) is 10.5. The summed E-state index contributed by atoms with van der Waals surface area (Å²) in [6.45, 7) is 4.44. The van der Waals surface area contributed by atoms with Gasteiger partial charge in [0.05, 0.1) is 5.56 Å². The minimum Gasteiger partial charge on any atom is -0.478 e. The Morgan fingerprint density at radius 3 is 2.05 bits per heavy atom.